The molecule has 0 aromatic heterocycles. The third-order valence-electron chi connectivity index (χ3n) is 3.66. The predicted molar refractivity (Wildman–Crippen MR) is 74.1 cm³/mol. The number of hydrogen-bond acceptors (Lipinski definition) is 3. The number of carbonyl (C=O) groups is 3. The first-order valence-corrected chi connectivity index (χ1v) is 7.21. The van der Waals surface area contributed by atoms with E-state index < -0.39 is 11.5 Å². The van der Waals surface area contributed by atoms with Crippen LogP contribution in [0, 0.1) is 0 Å². The molecular weight excluding hydrogens is 260 g/mol. The van der Waals surface area contributed by atoms with Gasteiger partial charge in [-0.15, -0.1) is 0 Å². The average molecular weight is 284 g/mol. The lowest BCUT2D eigenvalue weighted by Crippen LogP contribution is -2.54. The molecule has 0 aliphatic heterocycles. The highest BCUT2D eigenvalue weighted by molar-refractivity contribution is 5.78. The van der Waals surface area contributed by atoms with Crippen molar-refractivity contribution in [1.29, 1.82) is 0 Å². The standard InChI is InChI=1S/C14H24N2O4/c1-11(17)15-9-4-2-3-6-12(18)16-14(7-5-8-14)10-13(19)20/h2-10H2,1H3,(H,15,17)(H,16,18)(H,19,20). The lowest BCUT2D eigenvalue weighted by Gasteiger charge is -2.41. The smallest absolute Gasteiger partial charge is 0.305 e. The Morgan fingerprint density at radius 3 is 2.35 bits per heavy atom. The molecule has 0 atom stereocenters. The van der Waals surface area contributed by atoms with Gasteiger partial charge >= 0.3 is 5.97 Å². The van der Waals surface area contributed by atoms with E-state index in [-0.39, 0.29) is 18.2 Å². The van der Waals surface area contributed by atoms with Gasteiger partial charge in [0.15, 0.2) is 0 Å². The molecule has 20 heavy (non-hydrogen) atoms. The number of carboxylic acids is 1. The fourth-order valence-corrected chi connectivity index (χ4v) is 2.45. The van der Waals surface area contributed by atoms with E-state index in [1.807, 2.05) is 0 Å². The van der Waals surface area contributed by atoms with Gasteiger partial charge in [-0.05, 0) is 32.1 Å². The summed E-state index contributed by atoms with van der Waals surface area (Å²) in [6, 6.07) is 0. The fourth-order valence-electron chi connectivity index (χ4n) is 2.45. The Kier molecular flexibility index (Phi) is 6.48. The fraction of sp³-hybridized carbons (Fsp3) is 0.786. The van der Waals surface area contributed by atoms with Crippen molar-refractivity contribution in [3.63, 3.8) is 0 Å². The first-order chi connectivity index (χ1) is 9.43. The summed E-state index contributed by atoms with van der Waals surface area (Å²) in [7, 11) is 0. The molecule has 114 valence electrons. The van der Waals surface area contributed by atoms with Gasteiger partial charge in [0.2, 0.25) is 11.8 Å². The lowest BCUT2D eigenvalue weighted by atomic mass is 9.74. The van der Waals surface area contributed by atoms with Crippen molar-refractivity contribution in [2.45, 2.75) is 63.8 Å². The van der Waals surface area contributed by atoms with Crippen molar-refractivity contribution in [2.75, 3.05) is 6.54 Å². The molecule has 1 saturated carbocycles. The number of unbranched alkanes of at least 4 members (excludes halogenated alkanes) is 2. The van der Waals surface area contributed by atoms with Crippen LogP contribution in [0.15, 0.2) is 0 Å². The van der Waals surface area contributed by atoms with Gasteiger partial charge in [-0.2, -0.15) is 0 Å². The van der Waals surface area contributed by atoms with Crippen molar-refractivity contribution in [1.82, 2.24) is 10.6 Å². The largest absolute Gasteiger partial charge is 0.481 e. The zero-order valence-corrected chi connectivity index (χ0v) is 12.0. The molecule has 1 aliphatic carbocycles. The normalized spacial score (nSPS) is 16.1. The Bertz CT molecular complexity index is 364. The SMILES string of the molecule is CC(=O)NCCCCCC(=O)NC1(CC(=O)O)CCC1. The second-order valence-corrected chi connectivity index (χ2v) is 5.55. The van der Waals surface area contributed by atoms with Crippen molar-refractivity contribution < 1.29 is 19.5 Å². The van der Waals surface area contributed by atoms with E-state index in [1.54, 1.807) is 0 Å². The molecular formula is C14H24N2O4. The number of carboxylic acid groups (broad SMARTS) is 1. The molecule has 6 heteroatoms. The minimum Gasteiger partial charge on any atom is -0.481 e. The molecule has 1 aliphatic rings. The highest BCUT2D eigenvalue weighted by Crippen LogP contribution is 2.35. The van der Waals surface area contributed by atoms with Gasteiger partial charge in [0.25, 0.3) is 0 Å². The van der Waals surface area contributed by atoms with Gasteiger partial charge in [-0.3, -0.25) is 14.4 Å². The van der Waals surface area contributed by atoms with Gasteiger partial charge in [-0.1, -0.05) is 6.42 Å². The zero-order chi connectivity index (χ0) is 15.0. The number of rotatable bonds is 9. The number of amides is 2. The molecule has 1 fully saturated rings. The predicted octanol–water partition coefficient (Wildman–Crippen LogP) is 1.20. The first-order valence-electron chi connectivity index (χ1n) is 7.21. The number of aliphatic carboxylic acids is 1. The Morgan fingerprint density at radius 2 is 1.85 bits per heavy atom. The van der Waals surface area contributed by atoms with Crippen LogP contribution in [0.25, 0.3) is 0 Å². The summed E-state index contributed by atoms with van der Waals surface area (Å²) in [5.41, 5.74) is -0.501. The summed E-state index contributed by atoms with van der Waals surface area (Å²) in [5.74, 6) is -0.964. The molecule has 0 heterocycles. The molecule has 0 spiro atoms. The summed E-state index contributed by atoms with van der Waals surface area (Å²) in [6.45, 7) is 2.12. The van der Waals surface area contributed by atoms with E-state index in [9.17, 15) is 14.4 Å². The van der Waals surface area contributed by atoms with Crippen LogP contribution >= 0.6 is 0 Å². The molecule has 0 bridgehead atoms. The van der Waals surface area contributed by atoms with E-state index in [0.29, 0.717) is 13.0 Å². The molecule has 0 aromatic carbocycles. The van der Waals surface area contributed by atoms with Crippen LogP contribution in [0.5, 0.6) is 0 Å². The Balaban J connectivity index is 2.13. The third kappa shape index (κ3) is 6.04. The minimum absolute atomic E-state index is 0.0152. The van der Waals surface area contributed by atoms with Gasteiger partial charge in [0, 0.05) is 19.9 Å². The molecule has 6 nitrogen and oxygen atoms in total. The highest BCUT2D eigenvalue weighted by atomic mass is 16.4. The van der Waals surface area contributed by atoms with Crippen LogP contribution in [-0.2, 0) is 14.4 Å². The Hall–Kier alpha value is -1.59. The van der Waals surface area contributed by atoms with E-state index in [1.165, 1.54) is 6.92 Å². The van der Waals surface area contributed by atoms with Gasteiger partial charge in [0.05, 0.1) is 12.0 Å². The Labute approximate surface area is 119 Å². The summed E-state index contributed by atoms with van der Waals surface area (Å²) in [4.78, 5) is 33.2. The second kappa shape index (κ2) is 7.87. The van der Waals surface area contributed by atoms with Crippen LogP contribution in [-0.4, -0.2) is 35.0 Å². The maximum absolute atomic E-state index is 11.8. The molecule has 1 rings (SSSR count). The molecule has 2 amide bonds. The first kappa shape index (κ1) is 16.5. The number of carbonyl (C=O) groups excluding carboxylic acids is 2. The average Bonchev–Trinajstić information content (AvgIpc) is 2.29. The number of hydrogen-bond donors (Lipinski definition) is 3. The third-order valence-corrected chi connectivity index (χ3v) is 3.66. The molecule has 0 aromatic rings. The lowest BCUT2D eigenvalue weighted by molar-refractivity contribution is -0.140. The Morgan fingerprint density at radius 1 is 1.15 bits per heavy atom. The molecule has 0 unspecified atom stereocenters. The van der Waals surface area contributed by atoms with Crippen LogP contribution in [0.1, 0.15) is 58.3 Å². The zero-order valence-electron chi connectivity index (χ0n) is 12.0. The van der Waals surface area contributed by atoms with Crippen LogP contribution in [0.3, 0.4) is 0 Å². The van der Waals surface area contributed by atoms with Crippen LogP contribution in [0.4, 0.5) is 0 Å². The van der Waals surface area contributed by atoms with E-state index in [0.717, 1.165) is 38.5 Å². The van der Waals surface area contributed by atoms with Gasteiger partial charge in [-0.25, -0.2) is 0 Å². The van der Waals surface area contributed by atoms with E-state index >= 15 is 0 Å². The molecule has 0 radical (unpaired) electrons. The summed E-state index contributed by atoms with van der Waals surface area (Å²) < 4.78 is 0. The van der Waals surface area contributed by atoms with E-state index in [2.05, 4.69) is 10.6 Å². The molecule has 3 N–H and O–H groups in total. The second-order valence-electron chi connectivity index (χ2n) is 5.55. The number of nitrogens with one attached hydrogen (secondary N) is 2. The summed E-state index contributed by atoms with van der Waals surface area (Å²) in [5, 5.41) is 14.4. The van der Waals surface area contributed by atoms with Gasteiger partial charge in [0.1, 0.15) is 0 Å². The highest BCUT2D eigenvalue weighted by Gasteiger charge is 2.40. The van der Waals surface area contributed by atoms with Crippen LogP contribution in [0.2, 0.25) is 0 Å². The monoisotopic (exact) mass is 284 g/mol. The minimum atomic E-state index is -0.861. The van der Waals surface area contributed by atoms with Crippen molar-refractivity contribution in [3.05, 3.63) is 0 Å². The summed E-state index contributed by atoms with van der Waals surface area (Å²) >= 11 is 0. The van der Waals surface area contributed by atoms with Crippen LogP contribution < -0.4 is 10.6 Å². The van der Waals surface area contributed by atoms with E-state index in [4.69, 9.17) is 5.11 Å². The van der Waals surface area contributed by atoms with Crippen molar-refractivity contribution in [2.24, 2.45) is 0 Å². The maximum Gasteiger partial charge on any atom is 0.305 e. The topological polar surface area (TPSA) is 95.5 Å². The quantitative estimate of drug-likeness (QED) is 0.554. The maximum atomic E-state index is 11.8. The molecule has 0 saturated heterocycles. The van der Waals surface area contributed by atoms with Gasteiger partial charge < -0.3 is 15.7 Å². The summed E-state index contributed by atoms with van der Waals surface area (Å²) in [6.07, 6.45) is 5.41. The van der Waals surface area contributed by atoms with Crippen molar-refractivity contribution >= 4 is 17.8 Å². The van der Waals surface area contributed by atoms with Crippen molar-refractivity contribution in [3.8, 4) is 0 Å².